The molecule has 0 saturated heterocycles. The first-order chi connectivity index (χ1) is 9.34. The Kier molecular flexibility index (Phi) is 3.02. The van der Waals surface area contributed by atoms with Crippen LogP contribution in [0.15, 0.2) is 54.6 Å². The van der Waals surface area contributed by atoms with Crippen molar-refractivity contribution in [1.82, 2.24) is 0 Å². The van der Waals surface area contributed by atoms with Crippen LogP contribution in [0.5, 0.6) is 11.5 Å². The summed E-state index contributed by atoms with van der Waals surface area (Å²) in [4.78, 5) is 12.0. The van der Waals surface area contributed by atoms with Crippen LogP contribution in [0, 0.1) is 0 Å². The molecule has 94 valence electrons. The lowest BCUT2D eigenvalue weighted by Gasteiger charge is -2.00. The van der Waals surface area contributed by atoms with Crippen LogP contribution in [0.2, 0.25) is 0 Å². The molecule has 0 aromatic heterocycles. The summed E-state index contributed by atoms with van der Waals surface area (Å²) < 4.78 is 10.7. The van der Waals surface area contributed by atoms with E-state index in [0.29, 0.717) is 17.1 Å². The molecule has 1 heterocycles. The Morgan fingerprint density at radius 2 is 1.84 bits per heavy atom. The fraction of sp³-hybridized carbons (Fsp3) is 0.0625. The van der Waals surface area contributed by atoms with Crippen molar-refractivity contribution in [3.63, 3.8) is 0 Å². The zero-order valence-corrected chi connectivity index (χ0v) is 10.2. The van der Waals surface area contributed by atoms with Crippen LogP contribution in [-0.4, -0.2) is 12.6 Å². The summed E-state index contributed by atoms with van der Waals surface area (Å²) in [6.07, 6.45) is 3.30. The molecule has 2 aromatic rings. The van der Waals surface area contributed by atoms with E-state index < -0.39 is 0 Å². The molecule has 3 heteroatoms. The third-order valence-electron chi connectivity index (χ3n) is 2.90. The van der Waals surface area contributed by atoms with Crippen LogP contribution in [0.1, 0.15) is 15.9 Å². The van der Waals surface area contributed by atoms with Crippen LogP contribution in [-0.2, 0) is 0 Å². The average Bonchev–Trinajstić information content (AvgIpc) is 2.94. The third kappa shape index (κ3) is 2.36. The van der Waals surface area contributed by atoms with E-state index in [1.54, 1.807) is 24.3 Å². The maximum atomic E-state index is 12.0. The summed E-state index contributed by atoms with van der Waals surface area (Å²) in [5, 5.41) is 0. The Hall–Kier alpha value is -2.55. The molecule has 0 aliphatic carbocycles. The summed E-state index contributed by atoms with van der Waals surface area (Å²) >= 11 is 0. The highest BCUT2D eigenvalue weighted by Crippen LogP contribution is 2.35. The van der Waals surface area contributed by atoms with Crippen molar-refractivity contribution >= 4 is 11.9 Å². The van der Waals surface area contributed by atoms with Crippen molar-refractivity contribution in [1.29, 1.82) is 0 Å². The minimum Gasteiger partial charge on any atom is -0.454 e. The highest BCUT2D eigenvalue weighted by molar-refractivity contribution is 6.06. The molecule has 19 heavy (non-hydrogen) atoms. The lowest BCUT2D eigenvalue weighted by molar-refractivity contribution is 0.104. The number of para-hydroxylation sites is 1. The Morgan fingerprint density at radius 3 is 2.68 bits per heavy atom. The van der Waals surface area contributed by atoms with E-state index >= 15 is 0 Å². The second-order valence-electron chi connectivity index (χ2n) is 4.14. The molecule has 0 spiro atoms. The van der Waals surface area contributed by atoms with Gasteiger partial charge in [0.05, 0.1) is 0 Å². The summed E-state index contributed by atoms with van der Waals surface area (Å²) in [6.45, 7) is 0.229. The molecule has 1 aliphatic heterocycles. The Bertz CT molecular complexity index is 630. The number of fused-ring (bicyclic) bond motifs is 1. The smallest absolute Gasteiger partial charge is 0.231 e. The summed E-state index contributed by atoms with van der Waals surface area (Å²) in [6, 6.07) is 14.8. The predicted molar refractivity (Wildman–Crippen MR) is 72.4 cm³/mol. The van der Waals surface area contributed by atoms with Gasteiger partial charge in [0.2, 0.25) is 6.79 Å². The van der Waals surface area contributed by atoms with Crippen molar-refractivity contribution in [3.05, 3.63) is 65.7 Å². The first-order valence-corrected chi connectivity index (χ1v) is 6.01. The van der Waals surface area contributed by atoms with E-state index in [0.717, 1.165) is 5.56 Å². The van der Waals surface area contributed by atoms with E-state index in [2.05, 4.69) is 0 Å². The van der Waals surface area contributed by atoms with Crippen LogP contribution in [0.3, 0.4) is 0 Å². The fourth-order valence-electron chi connectivity index (χ4n) is 1.95. The van der Waals surface area contributed by atoms with Crippen LogP contribution < -0.4 is 9.47 Å². The number of carbonyl (C=O) groups is 1. The molecule has 0 radical (unpaired) electrons. The quantitative estimate of drug-likeness (QED) is 0.621. The van der Waals surface area contributed by atoms with Crippen molar-refractivity contribution in [2.45, 2.75) is 0 Å². The van der Waals surface area contributed by atoms with Gasteiger partial charge in [-0.15, -0.1) is 0 Å². The van der Waals surface area contributed by atoms with Gasteiger partial charge in [-0.1, -0.05) is 42.5 Å². The number of rotatable bonds is 3. The summed E-state index contributed by atoms with van der Waals surface area (Å²) in [5.74, 6) is 1.38. The van der Waals surface area contributed by atoms with Gasteiger partial charge in [-0.25, -0.2) is 0 Å². The number of hydrogen-bond acceptors (Lipinski definition) is 3. The van der Waals surface area contributed by atoms with Gasteiger partial charge in [0, 0.05) is 11.1 Å². The van der Waals surface area contributed by atoms with Gasteiger partial charge in [0.25, 0.3) is 0 Å². The molecule has 0 saturated carbocycles. The third-order valence-corrected chi connectivity index (χ3v) is 2.90. The Morgan fingerprint density at radius 1 is 1.00 bits per heavy atom. The molecular weight excluding hydrogens is 240 g/mol. The highest BCUT2D eigenvalue weighted by atomic mass is 16.7. The van der Waals surface area contributed by atoms with Gasteiger partial charge in [-0.2, -0.15) is 0 Å². The number of allylic oxidation sites excluding steroid dienone is 1. The van der Waals surface area contributed by atoms with E-state index in [-0.39, 0.29) is 12.6 Å². The first kappa shape index (κ1) is 11.5. The number of ketones is 1. The lowest BCUT2D eigenvalue weighted by atomic mass is 10.1. The molecule has 0 amide bonds. The normalized spacial score (nSPS) is 12.8. The van der Waals surface area contributed by atoms with Gasteiger partial charge in [-0.05, 0) is 18.2 Å². The van der Waals surface area contributed by atoms with E-state index in [1.807, 2.05) is 36.4 Å². The second-order valence-corrected chi connectivity index (χ2v) is 4.14. The lowest BCUT2D eigenvalue weighted by Crippen LogP contribution is -1.94. The van der Waals surface area contributed by atoms with Crippen molar-refractivity contribution in [3.8, 4) is 11.5 Å². The zero-order valence-electron chi connectivity index (χ0n) is 10.2. The SMILES string of the molecule is O=C(/C=C\c1cccc2c1OCO2)c1ccccc1. The number of ether oxygens (including phenoxy) is 2. The fourth-order valence-corrected chi connectivity index (χ4v) is 1.95. The predicted octanol–water partition coefficient (Wildman–Crippen LogP) is 3.31. The largest absolute Gasteiger partial charge is 0.454 e. The van der Waals surface area contributed by atoms with E-state index in [9.17, 15) is 4.79 Å². The van der Waals surface area contributed by atoms with Crippen molar-refractivity contribution < 1.29 is 14.3 Å². The number of carbonyl (C=O) groups excluding carboxylic acids is 1. The van der Waals surface area contributed by atoms with Crippen LogP contribution in [0.25, 0.3) is 6.08 Å². The zero-order chi connectivity index (χ0) is 13.1. The molecule has 0 bridgehead atoms. The average molecular weight is 252 g/mol. The second kappa shape index (κ2) is 4.98. The summed E-state index contributed by atoms with van der Waals surface area (Å²) in [5.41, 5.74) is 1.52. The first-order valence-electron chi connectivity index (χ1n) is 6.01. The highest BCUT2D eigenvalue weighted by Gasteiger charge is 2.15. The minimum atomic E-state index is -0.0304. The van der Waals surface area contributed by atoms with Gasteiger partial charge < -0.3 is 9.47 Å². The molecule has 0 unspecified atom stereocenters. The monoisotopic (exact) mass is 252 g/mol. The molecule has 0 fully saturated rings. The van der Waals surface area contributed by atoms with Gasteiger partial charge in [0.1, 0.15) is 0 Å². The van der Waals surface area contributed by atoms with E-state index in [4.69, 9.17) is 9.47 Å². The van der Waals surface area contributed by atoms with E-state index in [1.165, 1.54) is 0 Å². The molecule has 1 aliphatic rings. The minimum absolute atomic E-state index is 0.0304. The maximum Gasteiger partial charge on any atom is 0.231 e. The van der Waals surface area contributed by atoms with Crippen molar-refractivity contribution in [2.75, 3.05) is 6.79 Å². The van der Waals surface area contributed by atoms with Crippen LogP contribution in [0.4, 0.5) is 0 Å². The molecular formula is C16H12O3. The molecule has 2 aromatic carbocycles. The number of benzene rings is 2. The molecule has 0 N–H and O–H groups in total. The molecule has 0 atom stereocenters. The number of hydrogen-bond donors (Lipinski definition) is 0. The molecule has 3 nitrogen and oxygen atoms in total. The van der Waals surface area contributed by atoms with Crippen LogP contribution >= 0.6 is 0 Å². The van der Waals surface area contributed by atoms with Crippen molar-refractivity contribution in [2.24, 2.45) is 0 Å². The topological polar surface area (TPSA) is 35.5 Å². The molecule has 3 rings (SSSR count). The Labute approximate surface area is 111 Å². The standard InChI is InChI=1S/C16H12O3/c17-14(12-5-2-1-3-6-12)10-9-13-7-4-8-15-16(13)19-11-18-15/h1-10H,11H2/b10-9-. The van der Waals surface area contributed by atoms with Gasteiger partial charge >= 0.3 is 0 Å². The van der Waals surface area contributed by atoms with Gasteiger partial charge in [0.15, 0.2) is 17.3 Å². The Balaban J connectivity index is 1.84. The van der Waals surface area contributed by atoms with Gasteiger partial charge in [-0.3, -0.25) is 4.79 Å². The summed E-state index contributed by atoms with van der Waals surface area (Å²) in [7, 11) is 0. The maximum absolute atomic E-state index is 12.0.